The molecule has 6 fully saturated rings. The van der Waals surface area contributed by atoms with E-state index in [-0.39, 0.29) is 30.3 Å². The second-order valence-corrected chi connectivity index (χ2v) is 14.8. The number of aliphatic hydroxyl groups is 1. The fourth-order valence-electron chi connectivity index (χ4n) is 10.9. The van der Waals surface area contributed by atoms with E-state index in [0.717, 1.165) is 61.7 Å². The van der Waals surface area contributed by atoms with Crippen molar-refractivity contribution >= 4 is 17.9 Å². The van der Waals surface area contributed by atoms with Gasteiger partial charge in [0.05, 0.1) is 31.2 Å². The van der Waals surface area contributed by atoms with Gasteiger partial charge in [-0.3, -0.25) is 9.59 Å². The second kappa shape index (κ2) is 14.1. The molecule has 2 heterocycles. The molecular weight excluding hydrogens is 589 g/mol. The first-order valence-electron chi connectivity index (χ1n) is 17.7. The smallest absolute Gasteiger partial charge is 0.465 e. The van der Waals surface area contributed by atoms with Gasteiger partial charge in [-0.1, -0.05) is 53.4 Å². The van der Waals surface area contributed by atoms with Gasteiger partial charge in [0.1, 0.15) is 6.10 Å². The predicted octanol–water partition coefficient (Wildman–Crippen LogP) is 6.74. The highest BCUT2D eigenvalue weighted by molar-refractivity contribution is 5.78. The zero-order chi connectivity index (χ0) is 32.6. The van der Waals surface area contributed by atoms with Crippen LogP contribution in [0.2, 0.25) is 0 Å². The number of alkyl halides is 3. The van der Waals surface area contributed by atoms with Crippen molar-refractivity contribution in [3.8, 4) is 0 Å². The van der Waals surface area contributed by atoms with E-state index >= 15 is 0 Å². The molecular formula is C35H53F3O7. The molecule has 10 heteroatoms. The van der Waals surface area contributed by atoms with Crippen molar-refractivity contribution in [1.82, 2.24) is 0 Å². The Morgan fingerprint density at radius 2 is 1.40 bits per heavy atom. The normalized spacial score (nSPS) is 41.7. The summed E-state index contributed by atoms with van der Waals surface area (Å²) in [7, 11) is 0. The number of hydrogen-bond acceptors (Lipinski definition) is 7. The Bertz CT molecular complexity index is 1060. The lowest BCUT2D eigenvalue weighted by Gasteiger charge is -2.38. The molecule has 256 valence electrons. The molecule has 14 unspecified atom stereocenters. The first-order valence-corrected chi connectivity index (χ1v) is 17.7. The van der Waals surface area contributed by atoms with Crippen LogP contribution in [0.5, 0.6) is 0 Å². The van der Waals surface area contributed by atoms with Crippen LogP contribution in [0.25, 0.3) is 0 Å². The highest BCUT2D eigenvalue weighted by Gasteiger charge is 2.61. The van der Waals surface area contributed by atoms with Crippen molar-refractivity contribution in [2.45, 2.75) is 117 Å². The monoisotopic (exact) mass is 642 g/mol. The number of ether oxygens (including phenoxy) is 3. The van der Waals surface area contributed by atoms with Crippen LogP contribution in [0.15, 0.2) is 0 Å². The van der Waals surface area contributed by atoms with E-state index in [1.54, 1.807) is 0 Å². The highest BCUT2D eigenvalue weighted by atomic mass is 19.4. The van der Waals surface area contributed by atoms with Crippen LogP contribution in [0.1, 0.15) is 98.3 Å². The Balaban J connectivity index is 0.000000178. The minimum absolute atomic E-state index is 0.156. The average Bonchev–Trinajstić information content (AvgIpc) is 3.86. The van der Waals surface area contributed by atoms with Gasteiger partial charge in [0, 0.05) is 0 Å². The topological polar surface area (TPSA) is 99.1 Å². The summed E-state index contributed by atoms with van der Waals surface area (Å²) in [5.41, 5.74) is 0. The summed E-state index contributed by atoms with van der Waals surface area (Å²) in [6.45, 7) is 9.39. The Hall–Kier alpha value is -1.84. The lowest BCUT2D eigenvalue weighted by molar-refractivity contribution is -0.211. The summed E-state index contributed by atoms with van der Waals surface area (Å²) in [5.74, 6) is 1.75. The minimum atomic E-state index is -5.05. The number of aliphatic hydroxyl groups excluding tert-OH is 1. The Labute approximate surface area is 265 Å². The molecule has 1 N–H and O–H groups in total. The number of hydrogen-bond donors (Lipinski definition) is 1. The van der Waals surface area contributed by atoms with Crippen LogP contribution in [-0.4, -0.2) is 54.6 Å². The molecule has 4 aliphatic carbocycles. The van der Waals surface area contributed by atoms with E-state index in [1.807, 2.05) is 13.8 Å². The number of cyclic esters (lactones) is 2. The lowest BCUT2D eigenvalue weighted by Crippen LogP contribution is -2.41. The molecule has 2 bridgehead atoms. The first-order chi connectivity index (χ1) is 21.4. The summed E-state index contributed by atoms with van der Waals surface area (Å²) >= 11 is 0. The third-order valence-electron chi connectivity index (χ3n) is 13.0. The summed E-state index contributed by atoms with van der Waals surface area (Å²) < 4.78 is 52.6. The number of halogens is 3. The number of carbonyl (C=O) groups is 3. The van der Waals surface area contributed by atoms with Crippen LogP contribution in [0.3, 0.4) is 0 Å². The molecule has 0 radical (unpaired) electrons. The molecule has 14 atom stereocenters. The molecule has 2 aliphatic heterocycles. The van der Waals surface area contributed by atoms with Gasteiger partial charge in [0.25, 0.3) is 0 Å². The molecule has 6 rings (SSSR count). The van der Waals surface area contributed by atoms with Crippen LogP contribution >= 0.6 is 0 Å². The van der Waals surface area contributed by atoms with Gasteiger partial charge in [-0.25, -0.2) is 4.79 Å². The van der Waals surface area contributed by atoms with E-state index in [0.29, 0.717) is 37.2 Å². The minimum Gasteiger partial charge on any atom is -0.465 e. The van der Waals surface area contributed by atoms with Crippen molar-refractivity contribution in [2.24, 2.45) is 71.0 Å². The van der Waals surface area contributed by atoms with E-state index in [1.165, 1.54) is 25.7 Å². The van der Waals surface area contributed by atoms with Gasteiger partial charge in [0.2, 0.25) is 0 Å². The van der Waals surface area contributed by atoms with Gasteiger partial charge in [0.15, 0.2) is 0 Å². The van der Waals surface area contributed by atoms with Gasteiger partial charge in [-0.05, 0) is 104 Å². The number of fused-ring (bicyclic) bond motifs is 5. The Morgan fingerprint density at radius 1 is 0.800 bits per heavy atom. The highest BCUT2D eigenvalue weighted by Crippen LogP contribution is 2.66. The van der Waals surface area contributed by atoms with Crippen LogP contribution in [-0.2, 0) is 28.6 Å². The standard InChI is InChI=1S/C19H30O3.C16H23F3O4/c1-3-10-7-11(4-2)17-14-8-12(16(10)17)9-15(14)18(20)13-5-6-22-19(13)21;1-3-9-7-10(4-2)12(8-9)13(11-5-6-22-14(11)20)23-15(21)16(17,18)19/h10-18,20H,3-9H2,1-2H3;9-13H,3-8H2,1-2H3. The van der Waals surface area contributed by atoms with Gasteiger partial charge in [-0.15, -0.1) is 0 Å². The average molecular weight is 643 g/mol. The maximum absolute atomic E-state index is 12.6. The number of carbonyl (C=O) groups excluding carboxylic acids is 3. The maximum atomic E-state index is 12.6. The van der Waals surface area contributed by atoms with Gasteiger partial charge >= 0.3 is 24.1 Å². The summed E-state index contributed by atoms with van der Waals surface area (Å²) in [5, 5.41) is 10.8. The van der Waals surface area contributed by atoms with E-state index in [9.17, 15) is 32.7 Å². The largest absolute Gasteiger partial charge is 0.490 e. The van der Waals surface area contributed by atoms with Crippen LogP contribution < -0.4 is 0 Å². The Morgan fingerprint density at radius 3 is 1.93 bits per heavy atom. The SMILES string of the molecule is CCC1CC(CC)C(C(OC(=O)C(F)(F)F)C2CCOC2=O)C1.CCC1CC(CC)C2C3CC(CC3C(O)C3CCOC3=O)C12. The van der Waals surface area contributed by atoms with E-state index < -0.39 is 36.2 Å². The quantitative estimate of drug-likeness (QED) is 0.220. The van der Waals surface area contributed by atoms with Crippen molar-refractivity contribution < 1.29 is 46.9 Å². The van der Waals surface area contributed by atoms with E-state index in [4.69, 9.17) is 14.2 Å². The van der Waals surface area contributed by atoms with E-state index in [2.05, 4.69) is 13.8 Å². The number of rotatable bonds is 9. The zero-order valence-corrected chi connectivity index (χ0v) is 27.3. The van der Waals surface area contributed by atoms with Crippen LogP contribution in [0.4, 0.5) is 13.2 Å². The molecule has 6 aliphatic rings. The third kappa shape index (κ3) is 6.78. The third-order valence-corrected chi connectivity index (χ3v) is 13.0. The molecule has 4 saturated carbocycles. The molecule has 0 amide bonds. The summed E-state index contributed by atoms with van der Waals surface area (Å²) in [4.78, 5) is 35.0. The maximum Gasteiger partial charge on any atom is 0.490 e. The zero-order valence-electron chi connectivity index (χ0n) is 27.3. The van der Waals surface area contributed by atoms with Gasteiger partial charge in [-0.2, -0.15) is 13.2 Å². The molecule has 0 aromatic carbocycles. The first kappa shape index (κ1) is 34.5. The fourth-order valence-corrected chi connectivity index (χ4v) is 10.9. The lowest BCUT2D eigenvalue weighted by atomic mass is 9.67. The van der Waals surface area contributed by atoms with Crippen LogP contribution in [0, 0.1) is 71.0 Å². The summed E-state index contributed by atoms with van der Waals surface area (Å²) in [6.07, 6.45) is 4.28. The van der Waals surface area contributed by atoms with Crippen molar-refractivity contribution in [3.63, 3.8) is 0 Å². The molecule has 0 aromatic rings. The Kier molecular flexibility index (Phi) is 10.8. The summed E-state index contributed by atoms with van der Waals surface area (Å²) in [6, 6.07) is 0. The second-order valence-electron chi connectivity index (χ2n) is 14.8. The molecule has 45 heavy (non-hydrogen) atoms. The fraction of sp³-hybridized carbons (Fsp3) is 0.914. The van der Waals surface area contributed by atoms with Crippen molar-refractivity contribution in [2.75, 3.05) is 13.2 Å². The predicted molar refractivity (Wildman–Crippen MR) is 159 cm³/mol. The van der Waals surface area contributed by atoms with Crippen molar-refractivity contribution in [3.05, 3.63) is 0 Å². The van der Waals surface area contributed by atoms with Crippen molar-refractivity contribution in [1.29, 1.82) is 0 Å². The molecule has 2 saturated heterocycles. The van der Waals surface area contributed by atoms with Gasteiger partial charge < -0.3 is 19.3 Å². The number of esters is 3. The molecule has 7 nitrogen and oxygen atoms in total. The molecule has 0 aromatic heterocycles. The molecule has 0 spiro atoms.